The molecule has 150 valence electrons. The molecule has 7 heteroatoms. The highest BCUT2D eigenvalue weighted by molar-refractivity contribution is 5.91. The lowest BCUT2D eigenvalue weighted by atomic mass is 10.1. The lowest BCUT2D eigenvalue weighted by molar-refractivity contribution is 0.0714. The minimum atomic E-state index is -0.0424. The number of nitrogens with zero attached hydrogens (tertiary/aromatic N) is 4. The fourth-order valence-corrected chi connectivity index (χ4v) is 4.08. The van der Waals surface area contributed by atoms with Crippen LogP contribution in [0.3, 0.4) is 0 Å². The van der Waals surface area contributed by atoms with Crippen LogP contribution in [0.15, 0.2) is 28.9 Å². The Hall–Kier alpha value is -2.57. The quantitative estimate of drug-likeness (QED) is 0.815. The molecule has 1 N–H and O–H groups in total. The zero-order valence-electron chi connectivity index (χ0n) is 16.6. The molecule has 0 bridgehead atoms. The average molecular weight is 383 g/mol. The molecule has 1 aliphatic carbocycles. The van der Waals surface area contributed by atoms with Crippen molar-refractivity contribution in [3.05, 3.63) is 35.9 Å². The van der Waals surface area contributed by atoms with Crippen molar-refractivity contribution in [3.8, 4) is 0 Å². The number of furan rings is 1. The zero-order valence-corrected chi connectivity index (χ0v) is 16.6. The van der Waals surface area contributed by atoms with Gasteiger partial charge >= 0.3 is 0 Å². The van der Waals surface area contributed by atoms with Crippen LogP contribution in [-0.2, 0) is 0 Å². The number of hydrogen-bond acceptors (Lipinski definition) is 6. The maximum Gasteiger partial charge on any atom is 0.289 e. The molecule has 3 heterocycles. The second-order valence-electron chi connectivity index (χ2n) is 7.78. The van der Waals surface area contributed by atoms with Gasteiger partial charge in [-0.25, -0.2) is 4.98 Å². The summed E-state index contributed by atoms with van der Waals surface area (Å²) in [6.07, 6.45) is 9.15. The number of anilines is 2. The van der Waals surface area contributed by atoms with Gasteiger partial charge in [-0.3, -0.25) is 4.79 Å². The first-order chi connectivity index (χ1) is 13.7. The van der Waals surface area contributed by atoms with E-state index in [0.717, 1.165) is 30.5 Å². The fraction of sp³-hybridized carbons (Fsp3) is 0.571. The highest BCUT2D eigenvalue weighted by Crippen LogP contribution is 2.22. The Morgan fingerprint density at radius 3 is 2.54 bits per heavy atom. The summed E-state index contributed by atoms with van der Waals surface area (Å²) in [4.78, 5) is 25.9. The number of amides is 1. The molecule has 1 saturated carbocycles. The Morgan fingerprint density at radius 2 is 1.86 bits per heavy atom. The third-order valence-corrected chi connectivity index (χ3v) is 5.65. The first-order valence-electron chi connectivity index (χ1n) is 10.4. The maximum absolute atomic E-state index is 12.4. The normalized spacial score (nSPS) is 18.8. The zero-order chi connectivity index (χ0) is 19.3. The van der Waals surface area contributed by atoms with Crippen molar-refractivity contribution in [2.45, 2.75) is 51.5 Å². The van der Waals surface area contributed by atoms with E-state index in [2.05, 4.69) is 15.2 Å². The van der Waals surface area contributed by atoms with Gasteiger partial charge in [0.05, 0.1) is 6.26 Å². The van der Waals surface area contributed by atoms with E-state index in [1.165, 1.54) is 44.8 Å². The van der Waals surface area contributed by atoms with E-state index in [1.54, 1.807) is 12.1 Å². The molecule has 2 fully saturated rings. The van der Waals surface area contributed by atoms with Gasteiger partial charge < -0.3 is 19.5 Å². The highest BCUT2D eigenvalue weighted by atomic mass is 16.3. The van der Waals surface area contributed by atoms with Crippen LogP contribution in [0.5, 0.6) is 0 Å². The predicted octanol–water partition coefficient (Wildman–Crippen LogP) is 3.48. The molecule has 2 aromatic heterocycles. The highest BCUT2D eigenvalue weighted by Gasteiger charge is 2.25. The number of aromatic nitrogens is 2. The van der Waals surface area contributed by atoms with Crippen LogP contribution in [0, 0.1) is 6.92 Å². The summed E-state index contributed by atoms with van der Waals surface area (Å²) in [6.45, 7) is 4.85. The molecule has 0 unspecified atom stereocenters. The van der Waals surface area contributed by atoms with Crippen molar-refractivity contribution in [2.75, 3.05) is 36.4 Å². The molecule has 0 atom stereocenters. The van der Waals surface area contributed by atoms with E-state index in [-0.39, 0.29) is 5.91 Å². The summed E-state index contributed by atoms with van der Waals surface area (Å²) >= 11 is 0. The molecule has 1 saturated heterocycles. The average Bonchev–Trinajstić information content (AvgIpc) is 3.13. The molecular weight excluding hydrogens is 354 g/mol. The Balaban J connectivity index is 1.39. The standard InChI is InChI=1S/C21H29N5O2/c1-16-15-19(24-21(22-16)23-17-7-4-2-3-5-8-17)25-10-12-26(13-11-25)20(27)18-9-6-14-28-18/h6,9,14-15,17H,2-5,7-8,10-13H2,1H3,(H,22,23,24). The Bertz CT molecular complexity index is 776. The number of rotatable bonds is 4. The van der Waals surface area contributed by atoms with Gasteiger partial charge in [-0.05, 0) is 31.9 Å². The minimum Gasteiger partial charge on any atom is -0.459 e. The van der Waals surface area contributed by atoms with Gasteiger partial charge in [0.25, 0.3) is 5.91 Å². The predicted molar refractivity (Wildman–Crippen MR) is 109 cm³/mol. The van der Waals surface area contributed by atoms with Crippen LogP contribution in [0.25, 0.3) is 0 Å². The van der Waals surface area contributed by atoms with Crippen LogP contribution in [0.2, 0.25) is 0 Å². The maximum atomic E-state index is 12.4. The molecule has 1 amide bonds. The molecule has 28 heavy (non-hydrogen) atoms. The number of piperazine rings is 1. The van der Waals surface area contributed by atoms with E-state index in [9.17, 15) is 4.79 Å². The van der Waals surface area contributed by atoms with Crippen LogP contribution >= 0.6 is 0 Å². The third-order valence-electron chi connectivity index (χ3n) is 5.65. The Labute approximate surface area is 166 Å². The largest absolute Gasteiger partial charge is 0.459 e. The summed E-state index contributed by atoms with van der Waals surface area (Å²) < 4.78 is 5.24. The molecular formula is C21H29N5O2. The third kappa shape index (κ3) is 4.46. The summed E-state index contributed by atoms with van der Waals surface area (Å²) in [5.74, 6) is 2.03. The van der Waals surface area contributed by atoms with Crippen LogP contribution in [-0.4, -0.2) is 53.0 Å². The number of aryl methyl sites for hydroxylation is 1. The lowest BCUT2D eigenvalue weighted by Crippen LogP contribution is -2.49. The van der Waals surface area contributed by atoms with Crippen LogP contribution < -0.4 is 10.2 Å². The van der Waals surface area contributed by atoms with Gasteiger partial charge in [-0.2, -0.15) is 4.98 Å². The van der Waals surface area contributed by atoms with Crippen molar-refractivity contribution in [2.24, 2.45) is 0 Å². The van der Waals surface area contributed by atoms with Gasteiger partial charge in [0.1, 0.15) is 5.82 Å². The summed E-state index contributed by atoms with van der Waals surface area (Å²) in [7, 11) is 0. The SMILES string of the molecule is Cc1cc(N2CCN(C(=O)c3ccco3)CC2)nc(NC2CCCCCC2)n1. The second kappa shape index (κ2) is 8.63. The van der Waals surface area contributed by atoms with Crippen molar-refractivity contribution < 1.29 is 9.21 Å². The van der Waals surface area contributed by atoms with E-state index in [0.29, 0.717) is 24.9 Å². The van der Waals surface area contributed by atoms with E-state index < -0.39 is 0 Å². The topological polar surface area (TPSA) is 74.5 Å². The number of hydrogen-bond donors (Lipinski definition) is 1. The molecule has 2 aliphatic rings. The molecule has 0 spiro atoms. The summed E-state index contributed by atoms with van der Waals surface area (Å²) in [5, 5.41) is 3.56. The smallest absolute Gasteiger partial charge is 0.289 e. The monoisotopic (exact) mass is 383 g/mol. The second-order valence-corrected chi connectivity index (χ2v) is 7.78. The number of nitrogens with one attached hydrogen (secondary N) is 1. The van der Waals surface area contributed by atoms with Gasteiger partial charge in [-0.15, -0.1) is 0 Å². The first kappa shape index (κ1) is 18.8. The van der Waals surface area contributed by atoms with E-state index in [1.807, 2.05) is 17.9 Å². The molecule has 7 nitrogen and oxygen atoms in total. The summed E-state index contributed by atoms with van der Waals surface area (Å²) in [6, 6.07) is 5.96. The van der Waals surface area contributed by atoms with Gasteiger partial charge in [0.2, 0.25) is 5.95 Å². The first-order valence-corrected chi connectivity index (χ1v) is 10.4. The molecule has 1 aliphatic heterocycles. The number of carbonyl (C=O) groups excluding carboxylic acids is 1. The van der Waals surface area contributed by atoms with Crippen molar-refractivity contribution in [1.82, 2.24) is 14.9 Å². The number of carbonyl (C=O) groups is 1. The molecule has 0 aromatic carbocycles. The van der Waals surface area contributed by atoms with E-state index >= 15 is 0 Å². The summed E-state index contributed by atoms with van der Waals surface area (Å²) in [5.41, 5.74) is 0.968. The van der Waals surface area contributed by atoms with Gasteiger partial charge in [0, 0.05) is 44.0 Å². The van der Waals surface area contributed by atoms with Crippen molar-refractivity contribution >= 4 is 17.7 Å². The fourth-order valence-electron chi connectivity index (χ4n) is 4.08. The minimum absolute atomic E-state index is 0.0424. The molecule has 4 rings (SSSR count). The van der Waals surface area contributed by atoms with E-state index in [4.69, 9.17) is 9.40 Å². The van der Waals surface area contributed by atoms with Crippen LogP contribution in [0.4, 0.5) is 11.8 Å². The van der Waals surface area contributed by atoms with Crippen molar-refractivity contribution in [3.63, 3.8) is 0 Å². The van der Waals surface area contributed by atoms with Crippen molar-refractivity contribution in [1.29, 1.82) is 0 Å². The Morgan fingerprint density at radius 1 is 1.11 bits per heavy atom. The van der Waals surface area contributed by atoms with Gasteiger partial charge in [0.15, 0.2) is 5.76 Å². The lowest BCUT2D eigenvalue weighted by Gasteiger charge is -2.35. The van der Waals surface area contributed by atoms with Gasteiger partial charge in [-0.1, -0.05) is 25.7 Å². The van der Waals surface area contributed by atoms with Crippen LogP contribution in [0.1, 0.15) is 54.8 Å². The Kier molecular flexibility index (Phi) is 5.78. The molecule has 0 radical (unpaired) electrons. The molecule has 2 aromatic rings.